The molecule has 1 aromatic rings. The molecule has 19 heavy (non-hydrogen) atoms. The molecule has 1 aliphatic heterocycles. The summed E-state index contributed by atoms with van der Waals surface area (Å²) in [6.45, 7) is 0. The molecule has 100 valence electrons. The molecule has 3 atom stereocenters. The molecule has 2 aliphatic rings. The van der Waals surface area contributed by atoms with Crippen molar-refractivity contribution in [2.75, 3.05) is 0 Å². The zero-order chi connectivity index (χ0) is 13.8. The number of halogens is 2. The van der Waals surface area contributed by atoms with E-state index in [-0.39, 0.29) is 17.6 Å². The van der Waals surface area contributed by atoms with Crippen molar-refractivity contribution >= 4 is 11.5 Å². The van der Waals surface area contributed by atoms with Crippen molar-refractivity contribution in [1.29, 1.82) is 0 Å². The lowest BCUT2D eigenvalue weighted by molar-refractivity contribution is -0.152. The Kier molecular flexibility index (Phi) is 2.48. The highest BCUT2D eigenvalue weighted by Crippen LogP contribution is 2.40. The minimum atomic E-state index is -1.83. The first-order chi connectivity index (χ1) is 8.89. The fourth-order valence-corrected chi connectivity index (χ4v) is 2.48. The molecule has 1 aromatic carbocycles. The molecular weight excluding hydrogens is 258 g/mol. The Morgan fingerprint density at radius 1 is 1.26 bits per heavy atom. The van der Waals surface area contributed by atoms with Crippen molar-refractivity contribution < 1.29 is 28.5 Å². The van der Waals surface area contributed by atoms with Crippen molar-refractivity contribution in [3.05, 3.63) is 41.5 Å². The van der Waals surface area contributed by atoms with Gasteiger partial charge in [0.1, 0.15) is 23.8 Å². The van der Waals surface area contributed by atoms with Gasteiger partial charge in [-0.1, -0.05) is 0 Å². The molecule has 0 spiro atoms. The van der Waals surface area contributed by atoms with Crippen molar-refractivity contribution in [2.45, 2.75) is 24.2 Å². The van der Waals surface area contributed by atoms with E-state index in [9.17, 15) is 23.8 Å². The van der Waals surface area contributed by atoms with Crippen LogP contribution in [0, 0.1) is 11.6 Å². The Morgan fingerprint density at radius 3 is 2.53 bits per heavy atom. The lowest BCUT2D eigenvalue weighted by Crippen LogP contribution is -2.37. The van der Waals surface area contributed by atoms with E-state index in [0.29, 0.717) is 6.07 Å². The van der Waals surface area contributed by atoms with Gasteiger partial charge in [0, 0.05) is 12.5 Å². The number of rotatable bonds is 1. The summed E-state index contributed by atoms with van der Waals surface area (Å²) in [5, 5.41) is 20.1. The van der Waals surface area contributed by atoms with Crippen LogP contribution in [0.4, 0.5) is 8.78 Å². The third-order valence-electron chi connectivity index (χ3n) is 3.39. The highest BCUT2D eigenvalue weighted by molar-refractivity contribution is 5.90. The number of hydrogen-bond acceptors (Lipinski definition) is 4. The molecule has 4 nitrogen and oxygen atoms in total. The standard InChI is InChI=1S/C13H10F2O4/c14-7-1-6(2-8(15)3-7)9-4-13(18)5-10(11(9)16)19-12(13)17/h1-4,10-11,16,18H,5H2/t10-,11-,13+/m1/s1. The molecular formula is C13H10F2O4. The summed E-state index contributed by atoms with van der Waals surface area (Å²) in [6, 6.07) is 2.75. The predicted molar refractivity (Wildman–Crippen MR) is 59.8 cm³/mol. The summed E-state index contributed by atoms with van der Waals surface area (Å²) in [5.41, 5.74) is -1.67. The quantitative estimate of drug-likeness (QED) is 0.738. The highest BCUT2D eigenvalue weighted by Gasteiger charge is 2.53. The van der Waals surface area contributed by atoms with Gasteiger partial charge in [0.25, 0.3) is 0 Å². The van der Waals surface area contributed by atoms with Gasteiger partial charge in [0.15, 0.2) is 5.60 Å². The SMILES string of the molecule is O=C1O[C@@H]2C[C@@]1(O)C=C(c1cc(F)cc(F)c1)[C@H]2O. The second-order valence-corrected chi connectivity index (χ2v) is 4.77. The zero-order valence-corrected chi connectivity index (χ0v) is 9.64. The fourth-order valence-electron chi connectivity index (χ4n) is 2.48. The molecule has 0 unspecified atom stereocenters. The summed E-state index contributed by atoms with van der Waals surface area (Å²) < 4.78 is 31.2. The predicted octanol–water partition coefficient (Wildman–Crippen LogP) is 0.769. The van der Waals surface area contributed by atoms with E-state index >= 15 is 0 Å². The minimum Gasteiger partial charge on any atom is -0.457 e. The van der Waals surface area contributed by atoms with Crippen LogP contribution < -0.4 is 0 Å². The molecule has 2 N–H and O–H groups in total. The van der Waals surface area contributed by atoms with Crippen LogP contribution in [0.2, 0.25) is 0 Å². The van der Waals surface area contributed by atoms with Crippen LogP contribution in [0.3, 0.4) is 0 Å². The molecule has 1 heterocycles. The largest absolute Gasteiger partial charge is 0.457 e. The van der Waals surface area contributed by atoms with Gasteiger partial charge in [0.05, 0.1) is 0 Å². The monoisotopic (exact) mass is 268 g/mol. The molecule has 1 saturated heterocycles. The van der Waals surface area contributed by atoms with E-state index in [0.717, 1.165) is 18.2 Å². The van der Waals surface area contributed by atoms with Crippen molar-refractivity contribution in [3.8, 4) is 0 Å². The summed E-state index contributed by atoms with van der Waals surface area (Å²) >= 11 is 0. The molecule has 6 heteroatoms. The van der Waals surface area contributed by atoms with Gasteiger partial charge in [-0.05, 0) is 29.3 Å². The first-order valence-corrected chi connectivity index (χ1v) is 5.70. The number of fused-ring (bicyclic) bond motifs is 2. The van der Waals surface area contributed by atoms with Crippen LogP contribution in [0.25, 0.3) is 5.57 Å². The lowest BCUT2D eigenvalue weighted by atomic mass is 9.82. The number of aliphatic hydroxyl groups is 2. The van der Waals surface area contributed by atoms with Crippen LogP contribution in [0.1, 0.15) is 12.0 Å². The van der Waals surface area contributed by atoms with Crippen molar-refractivity contribution in [3.63, 3.8) is 0 Å². The Bertz CT molecular complexity index is 578. The maximum atomic E-state index is 13.2. The molecule has 1 fully saturated rings. The zero-order valence-electron chi connectivity index (χ0n) is 9.64. The third-order valence-corrected chi connectivity index (χ3v) is 3.39. The first kappa shape index (κ1) is 12.3. The molecule has 3 rings (SSSR count). The van der Waals surface area contributed by atoms with Gasteiger partial charge in [0.2, 0.25) is 0 Å². The average molecular weight is 268 g/mol. The van der Waals surface area contributed by atoms with Gasteiger partial charge in [-0.2, -0.15) is 0 Å². The number of esters is 1. The Labute approximate surface area is 106 Å². The van der Waals surface area contributed by atoms with Crippen LogP contribution >= 0.6 is 0 Å². The topological polar surface area (TPSA) is 66.8 Å². The number of aliphatic hydroxyl groups excluding tert-OH is 1. The number of carbonyl (C=O) groups is 1. The van der Waals surface area contributed by atoms with E-state index in [1.807, 2.05) is 0 Å². The Balaban J connectivity index is 2.11. The van der Waals surface area contributed by atoms with Crippen molar-refractivity contribution in [1.82, 2.24) is 0 Å². The highest BCUT2D eigenvalue weighted by atomic mass is 19.1. The van der Waals surface area contributed by atoms with Gasteiger partial charge in [-0.25, -0.2) is 13.6 Å². The van der Waals surface area contributed by atoms with E-state index in [1.165, 1.54) is 0 Å². The van der Waals surface area contributed by atoms with Gasteiger partial charge >= 0.3 is 5.97 Å². The molecule has 0 aromatic heterocycles. The average Bonchev–Trinajstić information content (AvgIpc) is 2.56. The van der Waals surface area contributed by atoms with Crippen LogP contribution in [-0.2, 0) is 9.53 Å². The Morgan fingerprint density at radius 2 is 1.89 bits per heavy atom. The number of ether oxygens (including phenoxy) is 1. The van der Waals surface area contributed by atoms with Crippen LogP contribution in [0.5, 0.6) is 0 Å². The second kappa shape index (κ2) is 3.85. The number of carbonyl (C=O) groups excluding carboxylic acids is 1. The Hall–Kier alpha value is -1.79. The van der Waals surface area contributed by atoms with Gasteiger partial charge < -0.3 is 14.9 Å². The molecule has 0 radical (unpaired) electrons. The van der Waals surface area contributed by atoms with Crippen LogP contribution in [-0.4, -0.2) is 34.0 Å². The minimum absolute atomic E-state index is 0.0612. The third kappa shape index (κ3) is 1.84. The number of hydrogen-bond donors (Lipinski definition) is 2. The van der Waals surface area contributed by atoms with Crippen molar-refractivity contribution in [2.24, 2.45) is 0 Å². The maximum absolute atomic E-state index is 13.2. The summed E-state index contributed by atoms with van der Waals surface area (Å²) in [6.07, 6.45) is -1.07. The summed E-state index contributed by atoms with van der Waals surface area (Å²) in [5.74, 6) is -2.47. The molecule has 0 saturated carbocycles. The lowest BCUT2D eigenvalue weighted by Gasteiger charge is -2.26. The molecule has 2 bridgehead atoms. The van der Waals surface area contributed by atoms with E-state index < -0.39 is 35.4 Å². The van der Waals surface area contributed by atoms with E-state index in [1.54, 1.807) is 0 Å². The fraction of sp³-hybridized carbons (Fsp3) is 0.308. The van der Waals surface area contributed by atoms with E-state index in [2.05, 4.69) is 0 Å². The molecule has 0 amide bonds. The molecule has 1 aliphatic carbocycles. The summed E-state index contributed by atoms with van der Waals surface area (Å²) in [4.78, 5) is 11.5. The first-order valence-electron chi connectivity index (χ1n) is 5.70. The number of benzene rings is 1. The summed E-state index contributed by atoms with van der Waals surface area (Å²) in [7, 11) is 0. The van der Waals surface area contributed by atoms with Gasteiger partial charge in [-0.3, -0.25) is 0 Å². The normalized spacial score (nSPS) is 33.1. The van der Waals surface area contributed by atoms with E-state index in [4.69, 9.17) is 4.74 Å². The smallest absolute Gasteiger partial charge is 0.342 e. The maximum Gasteiger partial charge on any atom is 0.342 e. The van der Waals surface area contributed by atoms with Crippen LogP contribution in [0.15, 0.2) is 24.3 Å². The second-order valence-electron chi connectivity index (χ2n) is 4.77. The van der Waals surface area contributed by atoms with Gasteiger partial charge in [-0.15, -0.1) is 0 Å².